The van der Waals surface area contributed by atoms with Gasteiger partial charge in [0.05, 0.1) is 16.1 Å². The Morgan fingerprint density at radius 3 is 2.93 bits per heavy atom. The number of nitrogens with zero attached hydrogens (tertiary/aromatic N) is 3. The Morgan fingerprint density at radius 1 is 1.43 bits per heavy atom. The molecule has 2 heterocycles. The Labute approximate surface area is 94.6 Å². The van der Waals surface area contributed by atoms with Gasteiger partial charge in [-0.3, -0.25) is 0 Å². The molecule has 0 fully saturated rings. The van der Waals surface area contributed by atoms with Gasteiger partial charge < -0.3 is 0 Å². The van der Waals surface area contributed by atoms with Crippen LogP contribution in [0.3, 0.4) is 0 Å². The molecule has 0 unspecified atom stereocenters. The molecule has 0 aliphatic heterocycles. The fourth-order valence-electron chi connectivity index (χ4n) is 0.964. The highest BCUT2D eigenvalue weighted by Gasteiger charge is 2.08. The van der Waals surface area contributed by atoms with E-state index in [0.29, 0.717) is 5.15 Å². The SMILES string of the molecule is CSc1nccc(-c2scnc2Cl)n1. The minimum absolute atomic E-state index is 0.501. The van der Waals surface area contributed by atoms with Crippen molar-refractivity contribution in [3.8, 4) is 10.6 Å². The van der Waals surface area contributed by atoms with Gasteiger partial charge >= 0.3 is 0 Å². The van der Waals surface area contributed by atoms with E-state index in [0.717, 1.165) is 15.7 Å². The second kappa shape index (κ2) is 4.25. The average Bonchev–Trinajstić information content (AvgIpc) is 2.65. The summed E-state index contributed by atoms with van der Waals surface area (Å²) in [6.45, 7) is 0. The van der Waals surface area contributed by atoms with Gasteiger partial charge in [-0.05, 0) is 12.3 Å². The van der Waals surface area contributed by atoms with Crippen molar-refractivity contribution in [3.05, 3.63) is 22.9 Å². The topological polar surface area (TPSA) is 38.7 Å². The van der Waals surface area contributed by atoms with Crippen molar-refractivity contribution in [1.82, 2.24) is 15.0 Å². The van der Waals surface area contributed by atoms with Gasteiger partial charge in [0, 0.05) is 6.20 Å². The molecule has 14 heavy (non-hydrogen) atoms. The molecule has 0 aromatic carbocycles. The number of hydrogen-bond donors (Lipinski definition) is 0. The lowest BCUT2D eigenvalue weighted by Crippen LogP contribution is -1.87. The predicted octanol–water partition coefficient (Wildman–Crippen LogP) is 2.98. The maximum atomic E-state index is 5.90. The van der Waals surface area contributed by atoms with Crippen molar-refractivity contribution in [1.29, 1.82) is 0 Å². The molecule has 0 spiro atoms. The first-order chi connectivity index (χ1) is 6.81. The molecule has 72 valence electrons. The van der Waals surface area contributed by atoms with Crippen LogP contribution in [0.15, 0.2) is 22.9 Å². The fraction of sp³-hybridized carbons (Fsp3) is 0.125. The summed E-state index contributed by atoms with van der Waals surface area (Å²) in [5, 5.41) is 1.24. The van der Waals surface area contributed by atoms with Crippen molar-refractivity contribution in [3.63, 3.8) is 0 Å². The molecule has 0 saturated carbocycles. The van der Waals surface area contributed by atoms with Gasteiger partial charge in [-0.2, -0.15) is 0 Å². The van der Waals surface area contributed by atoms with Crippen LogP contribution < -0.4 is 0 Å². The first kappa shape index (κ1) is 9.89. The summed E-state index contributed by atoms with van der Waals surface area (Å²) in [5.74, 6) is 0. The van der Waals surface area contributed by atoms with E-state index in [1.165, 1.54) is 23.1 Å². The second-order valence-corrected chi connectivity index (χ2v) is 4.39. The Kier molecular flexibility index (Phi) is 3.00. The summed E-state index contributed by atoms with van der Waals surface area (Å²) in [6, 6.07) is 1.83. The number of thioether (sulfide) groups is 1. The third-order valence-electron chi connectivity index (χ3n) is 1.57. The molecule has 0 saturated heterocycles. The number of hydrogen-bond acceptors (Lipinski definition) is 5. The smallest absolute Gasteiger partial charge is 0.187 e. The summed E-state index contributed by atoms with van der Waals surface area (Å²) in [5.41, 5.74) is 2.54. The fourth-order valence-corrected chi connectivity index (χ4v) is 2.31. The molecule has 0 aliphatic rings. The van der Waals surface area contributed by atoms with Crippen molar-refractivity contribution in [2.24, 2.45) is 0 Å². The zero-order chi connectivity index (χ0) is 9.97. The van der Waals surface area contributed by atoms with Gasteiger partial charge in [-0.25, -0.2) is 15.0 Å². The Morgan fingerprint density at radius 2 is 2.29 bits per heavy atom. The van der Waals surface area contributed by atoms with Gasteiger partial charge in [0.15, 0.2) is 5.16 Å². The van der Waals surface area contributed by atoms with Crippen LogP contribution in [0, 0.1) is 0 Å². The molecular formula is C8H6ClN3S2. The lowest BCUT2D eigenvalue weighted by Gasteiger charge is -1.98. The van der Waals surface area contributed by atoms with E-state index in [9.17, 15) is 0 Å². The van der Waals surface area contributed by atoms with Crippen LogP contribution in [0.4, 0.5) is 0 Å². The van der Waals surface area contributed by atoms with Crippen molar-refractivity contribution >= 4 is 34.7 Å². The van der Waals surface area contributed by atoms with Crippen molar-refractivity contribution < 1.29 is 0 Å². The molecule has 0 amide bonds. The van der Waals surface area contributed by atoms with Gasteiger partial charge in [0.1, 0.15) is 5.15 Å². The third-order valence-corrected chi connectivity index (χ3v) is 3.38. The number of thiazole rings is 1. The van der Waals surface area contributed by atoms with Crippen LogP contribution in [-0.2, 0) is 0 Å². The van der Waals surface area contributed by atoms with Crippen molar-refractivity contribution in [2.75, 3.05) is 6.26 Å². The van der Waals surface area contributed by atoms with E-state index < -0.39 is 0 Å². The Bertz CT molecular complexity index is 444. The van der Waals surface area contributed by atoms with Gasteiger partial charge in [0.25, 0.3) is 0 Å². The Balaban J connectivity index is 2.47. The summed E-state index contributed by atoms with van der Waals surface area (Å²) in [6.07, 6.45) is 3.66. The minimum Gasteiger partial charge on any atom is -0.232 e. The third kappa shape index (κ3) is 1.89. The number of aromatic nitrogens is 3. The molecule has 2 rings (SSSR count). The van der Waals surface area contributed by atoms with E-state index in [2.05, 4.69) is 15.0 Å². The lowest BCUT2D eigenvalue weighted by atomic mass is 10.4. The normalized spacial score (nSPS) is 10.4. The van der Waals surface area contributed by atoms with Crippen molar-refractivity contribution in [2.45, 2.75) is 5.16 Å². The molecule has 6 heteroatoms. The zero-order valence-electron chi connectivity index (χ0n) is 7.27. The molecule has 2 aromatic heterocycles. The van der Waals surface area contributed by atoms with Crippen LogP contribution in [-0.4, -0.2) is 21.2 Å². The molecule has 2 aromatic rings. The molecule has 3 nitrogen and oxygen atoms in total. The van der Waals surface area contributed by atoms with E-state index in [1.54, 1.807) is 11.7 Å². The van der Waals surface area contributed by atoms with E-state index >= 15 is 0 Å². The van der Waals surface area contributed by atoms with Gasteiger partial charge in [-0.15, -0.1) is 11.3 Å². The Hall–Kier alpha value is -0.650. The highest BCUT2D eigenvalue weighted by atomic mass is 35.5. The summed E-state index contributed by atoms with van der Waals surface area (Å²) < 4.78 is 0. The zero-order valence-corrected chi connectivity index (χ0v) is 9.66. The molecule has 0 N–H and O–H groups in total. The van der Waals surface area contributed by atoms with E-state index in [-0.39, 0.29) is 0 Å². The first-order valence-electron chi connectivity index (χ1n) is 3.77. The molecular weight excluding hydrogens is 238 g/mol. The monoisotopic (exact) mass is 243 g/mol. The van der Waals surface area contributed by atoms with Gasteiger partial charge in [-0.1, -0.05) is 23.4 Å². The average molecular weight is 244 g/mol. The summed E-state index contributed by atoms with van der Waals surface area (Å²) in [4.78, 5) is 13.3. The molecule has 0 radical (unpaired) electrons. The largest absolute Gasteiger partial charge is 0.232 e. The second-order valence-electron chi connectivity index (χ2n) is 2.40. The lowest BCUT2D eigenvalue weighted by molar-refractivity contribution is 0.978. The highest BCUT2D eigenvalue weighted by molar-refractivity contribution is 7.98. The highest BCUT2D eigenvalue weighted by Crippen LogP contribution is 2.29. The van der Waals surface area contributed by atoms with E-state index in [4.69, 9.17) is 11.6 Å². The molecule has 0 aliphatic carbocycles. The number of halogens is 1. The van der Waals surface area contributed by atoms with Gasteiger partial charge in [0.2, 0.25) is 0 Å². The predicted molar refractivity (Wildman–Crippen MR) is 59.9 cm³/mol. The maximum Gasteiger partial charge on any atom is 0.187 e. The maximum absolute atomic E-state index is 5.90. The summed E-state index contributed by atoms with van der Waals surface area (Å²) >= 11 is 8.89. The summed E-state index contributed by atoms with van der Waals surface area (Å²) in [7, 11) is 0. The molecule has 0 atom stereocenters. The van der Waals surface area contributed by atoms with Crippen LogP contribution in [0.1, 0.15) is 0 Å². The van der Waals surface area contributed by atoms with Crippen LogP contribution in [0.2, 0.25) is 5.15 Å². The number of rotatable bonds is 2. The van der Waals surface area contributed by atoms with Crippen LogP contribution in [0.5, 0.6) is 0 Å². The van der Waals surface area contributed by atoms with Crippen LogP contribution >= 0.6 is 34.7 Å². The standard InChI is InChI=1S/C8H6ClN3S2/c1-13-8-10-3-2-5(12-8)6-7(9)11-4-14-6/h2-4H,1H3. The van der Waals surface area contributed by atoms with E-state index in [1.807, 2.05) is 12.3 Å². The van der Waals surface area contributed by atoms with Crippen LogP contribution in [0.25, 0.3) is 10.6 Å². The minimum atomic E-state index is 0.501. The molecule has 0 bridgehead atoms. The quantitative estimate of drug-likeness (QED) is 0.601. The first-order valence-corrected chi connectivity index (χ1v) is 6.26.